The van der Waals surface area contributed by atoms with E-state index in [2.05, 4.69) is 13.2 Å². The van der Waals surface area contributed by atoms with E-state index in [4.69, 9.17) is 18.9 Å². The third-order valence-electron chi connectivity index (χ3n) is 5.62. The molecule has 0 aromatic rings. The number of fused-ring (bicyclic) bond motifs is 2. The maximum atomic E-state index is 12.2. The fourth-order valence-electron chi connectivity index (χ4n) is 3.97. The monoisotopic (exact) mass is 406 g/mol. The van der Waals surface area contributed by atoms with Gasteiger partial charge in [-0.1, -0.05) is 13.2 Å². The zero-order chi connectivity index (χ0) is 21.5. The van der Waals surface area contributed by atoms with Crippen LogP contribution in [0, 0.1) is 5.92 Å². The number of hydrogen-bond donors (Lipinski definition) is 1. The Hall–Kier alpha value is -2.45. The Morgan fingerprint density at radius 1 is 1.34 bits per heavy atom. The topological polar surface area (TPSA) is 112 Å². The van der Waals surface area contributed by atoms with Gasteiger partial charge in [0.05, 0.1) is 24.2 Å². The van der Waals surface area contributed by atoms with Gasteiger partial charge in [0.1, 0.15) is 18.3 Å². The van der Waals surface area contributed by atoms with Gasteiger partial charge in [-0.3, -0.25) is 4.79 Å². The van der Waals surface area contributed by atoms with E-state index < -0.39 is 54.3 Å². The molecule has 0 unspecified atom stereocenters. The van der Waals surface area contributed by atoms with E-state index >= 15 is 0 Å². The minimum absolute atomic E-state index is 0.175. The van der Waals surface area contributed by atoms with Crippen LogP contribution in [0.15, 0.2) is 36.0 Å². The predicted molar refractivity (Wildman–Crippen MR) is 100 cm³/mol. The number of esters is 3. The van der Waals surface area contributed by atoms with E-state index in [0.29, 0.717) is 18.4 Å². The highest BCUT2D eigenvalue weighted by Gasteiger charge is 2.58. The summed E-state index contributed by atoms with van der Waals surface area (Å²) >= 11 is 0. The molecule has 8 nitrogen and oxygen atoms in total. The Morgan fingerprint density at radius 3 is 2.62 bits per heavy atom. The highest BCUT2D eigenvalue weighted by molar-refractivity contribution is 5.91. The second-order valence-electron chi connectivity index (χ2n) is 8.00. The summed E-state index contributed by atoms with van der Waals surface area (Å²) < 4.78 is 22.3. The normalized spacial score (nSPS) is 37.9. The molecule has 0 aromatic heterocycles. The molecule has 0 spiro atoms. The first kappa shape index (κ1) is 21.3. The second kappa shape index (κ2) is 7.76. The zero-order valence-electron chi connectivity index (χ0n) is 16.8. The van der Waals surface area contributed by atoms with Crippen molar-refractivity contribution in [3.8, 4) is 0 Å². The molecule has 0 aromatic carbocycles. The number of aliphatic hydroxyl groups is 1. The smallest absolute Gasteiger partial charge is 0.334 e. The molecule has 3 aliphatic rings. The van der Waals surface area contributed by atoms with Gasteiger partial charge >= 0.3 is 17.9 Å². The lowest BCUT2D eigenvalue weighted by molar-refractivity contribution is -0.149. The average Bonchev–Trinajstić information content (AvgIpc) is 3.16. The Morgan fingerprint density at radius 2 is 2.03 bits per heavy atom. The molecule has 8 heteroatoms. The van der Waals surface area contributed by atoms with E-state index in [9.17, 15) is 19.5 Å². The van der Waals surface area contributed by atoms with Crippen molar-refractivity contribution in [1.29, 1.82) is 0 Å². The summed E-state index contributed by atoms with van der Waals surface area (Å²) in [4.78, 5) is 36.0. The van der Waals surface area contributed by atoms with Crippen molar-refractivity contribution in [3.05, 3.63) is 36.0 Å². The molecule has 0 saturated carbocycles. The largest absolute Gasteiger partial charge is 0.458 e. The maximum absolute atomic E-state index is 12.2. The molecule has 0 bridgehead atoms. The second-order valence-corrected chi connectivity index (χ2v) is 8.00. The van der Waals surface area contributed by atoms with Crippen molar-refractivity contribution in [3.63, 3.8) is 0 Å². The molecule has 2 aliphatic heterocycles. The molecule has 0 radical (unpaired) electrons. The minimum Gasteiger partial charge on any atom is -0.458 e. The number of hydrogen-bond acceptors (Lipinski definition) is 8. The lowest BCUT2D eigenvalue weighted by Crippen LogP contribution is -2.38. The number of ether oxygens (including phenoxy) is 4. The van der Waals surface area contributed by atoms with Gasteiger partial charge in [-0.05, 0) is 25.5 Å². The van der Waals surface area contributed by atoms with Crippen LogP contribution in [0.25, 0.3) is 0 Å². The van der Waals surface area contributed by atoms with Gasteiger partial charge in [-0.25, -0.2) is 9.59 Å². The van der Waals surface area contributed by atoms with E-state index in [1.165, 1.54) is 13.8 Å². The Labute approximate surface area is 169 Å². The van der Waals surface area contributed by atoms with Crippen molar-refractivity contribution in [1.82, 2.24) is 0 Å². The number of rotatable bonds is 4. The van der Waals surface area contributed by atoms with Crippen LogP contribution >= 0.6 is 0 Å². The summed E-state index contributed by atoms with van der Waals surface area (Å²) in [5, 5.41) is 9.89. The Kier molecular flexibility index (Phi) is 5.69. The lowest BCUT2D eigenvalue weighted by Gasteiger charge is -2.29. The maximum Gasteiger partial charge on any atom is 0.334 e. The fourth-order valence-corrected chi connectivity index (χ4v) is 3.97. The van der Waals surface area contributed by atoms with E-state index in [0.717, 1.165) is 0 Å². The molecule has 1 aliphatic carbocycles. The van der Waals surface area contributed by atoms with Crippen LogP contribution in [0.4, 0.5) is 0 Å². The number of epoxide rings is 1. The van der Waals surface area contributed by atoms with Crippen LogP contribution in [0.3, 0.4) is 0 Å². The van der Waals surface area contributed by atoms with Crippen LogP contribution in [0.1, 0.15) is 33.6 Å². The van der Waals surface area contributed by atoms with Crippen LogP contribution < -0.4 is 0 Å². The SMILES string of the molecule is C=C(C)C(=O)O[C@@H]1C[C@@]2(C)O[C@@H]2C[C@H](OC(C)=O)/C(CO)=C/[C@H]2OC(=O)C(=C)[C@@H]21. The fraction of sp³-hybridized carbons (Fsp3) is 0.571. The first-order chi connectivity index (χ1) is 13.6. The van der Waals surface area contributed by atoms with Crippen LogP contribution in [-0.4, -0.2) is 59.6 Å². The molecule has 6 atom stereocenters. The molecule has 2 heterocycles. The third-order valence-corrected chi connectivity index (χ3v) is 5.62. The van der Waals surface area contributed by atoms with Gasteiger partial charge in [0.2, 0.25) is 0 Å². The summed E-state index contributed by atoms with van der Waals surface area (Å²) in [6.45, 7) is 11.7. The van der Waals surface area contributed by atoms with Crippen molar-refractivity contribution in [2.45, 2.75) is 63.6 Å². The number of aliphatic hydroxyl groups excluding tert-OH is 1. The first-order valence-electron chi connectivity index (χ1n) is 9.48. The van der Waals surface area contributed by atoms with E-state index in [-0.39, 0.29) is 17.3 Å². The minimum atomic E-state index is -0.822. The molecular formula is C21H26O8. The van der Waals surface area contributed by atoms with Crippen molar-refractivity contribution >= 4 is 17.9 Å². The van der Waals surface area contributed by atoms with E-state index in [1.54, 1.807) is 6.08 Å². The molecule has 1 N–H and O–H groups in total. The lowest BCUT2D eigenvalue weighted by atomic mass is 9.82. The third kappa shape index (κ3) is 4.28. The molecule has 2 fully saturated rings. The first-order valence-corrected chi connectivity index (χ1v) is 9.48. The molecule has 0 amide bonds. The Bertz CT molecular complexity index is 797. The van der Waals surface area contributed by atoms with Crippen LogP contribution in [-0.2, 0) is 33.3 Å². The summed E-state index contributed by atoms with van der Waals surface area (Å²) in [7, 11) is 0. The summed E-state index contributed by atoms with van der Waals surface area (Å²) in [5.74, 6) is -2.34. The van der Waals surface area contributed by atoms with Crippen LogP contribution in [0.2, 0.25) is 0 Å². The van der Waals surface area contributed by atoms with E-state index in [1.807, 2.05) is 6.92 Å². The molecule has 2 saturated heterocycles. The van der Waals surface area contributed by atoms with Crippen LogP contribution in [0.5, 0.6) is 0 Å². The number of carbonyl (C=O) groups is 3. The van der Waals surface area contributed by atoms with Crippen molar-refractivity contribution in [2.75, 3.05) is 6.61 Å². The predicted octanol–water partition coefficient (Wildman–Crippen LogP) is 1.37. The van der Waals surface area contributed by atoms with Gasteiger partial charge in [0.15, 0.2) is 0 Å². The van der Waals surface area contributed by atoms with Gasteiger partial charge < -0.3 is 24.1 Å². The van der Waals surface area contributed by atoms with Gasteiger partial charge in [-0.2, -0.15) is 0 Å². The highest BCUT2D eigenvalue weighted by Crippen LogP contribution is 2.48. The van der Waals surface area contributed by atoms with Gasteiger partial charge in [0.25, 0.3) is 0 Å². The van der Waals surface area contributed by atoms with Gasteiger partial charge in [0, 0.05) is 30.9 Å². The Balaban J connectivity index is 2.02. The van der Waals surface area contributed by atoms with Gasteiger partial charge in [-0.15, -0.1) is 0 Å². The summed E-state index contributed by atoms with van der Waals surface area (Å²) in [6, 6.07) is 0. The van der Waals surface area contributed by atoms with Crippen molar-refractivity contribution in [2.24, 2.45) is 5.92 Å². The summed E-state index contributed by atoms with van der Waals surface area (Å²) in [6.07, 6.45) is -0.348. The molecular weight excluding hydrogens is 380 g/mol. The average molecular weight is 406 g/mol. The number of carbonyl (C=O) groups excluding carboxylic acids is 3. The molecule has 29 heavy (non-hydrogen) atoms. The van der Waals surface area contributed by atoms with Crippen molar-refractivity contribution < 1.29 is 38.4 Å². The highest BCUT2D eigenvalue weighted by atomic mass is 16.6. The summed E-state index contributed by atoms with van der Waals surface area (Å²) in [5.41, 5.74) is 0.151. The molecule has 3 rings (SSSR count). The quantitative estimate of drug-likeness (QED) is 0.245. The molecule has 158 valence electrons. The standard InChI is InChI=1S/C21H26O8/c1-10(2)19(24)28-16-8-21(5)17(29-21)7-14(26-12(4)23)13(9-22)6-15-18(16)11(3)20(25)27-15/h6,14-18,22H,1,3,7-9H2,2,4-5H3/b13-6+/t14-,15+,16+,17+,18-,21+/m0/s1. The zero-order valence-corrected chi connectivity index (χ0v) is 16.8.